The van der Waals surface area contributed by atoms with Gasteiger partial charge in [-0.2, -0.15) is 0 Å². The van der Waals surface area contributed by atoms with Gasteiger partial charge in [-0.15, -0.1) is 0 Å². The summed E-state index contributed by atoms with van der Waals surface area (Å²) in [4.78, 5) is 2.56. The average molecular weight is 485 g/mol. The van der Waals surface area contributed by atoms with Crippen molar-refractivity contribution in [3.8, 4) is 11.5 Å². The zero-order chi connectivity index (χ0) is 23.9. The van der Waals surface area contributed by atoms with E-state index >= 15 is 0 Å². The molecule has 0 saturated heterocycles. The molecule has 1 aromatic heterocycles. The number of aromatic nitrogens is 1. The zero-order valence-electron chi connectivity index (χ0n) is 20.5. The van der Waals surface area contributed by atoms with Crippen LogP contribution >= 0.6 is 0 Å². The topological polar surface area (TPSA) is 46.9 Å². The van der Waals surface area contributed by atoms with Crippen molar-refractivity contribution in [2.24, 2.45) is 0 Å². The highest BCUT2D eigenvalue weighted by Gasteiger charge is 2.36. The van der Waals surface area contributed by atoms with Crippen LogP contribution in [-0.2, 0) is 39.1 Å². The second kappa shape index (κ2) is 10.00. The lowest BCUT2D eigenvalue weighted by molar-refractivity contribution is 0.145. The van der Waals surface area contributed by atoms with Crippen LogP contribution < -0.4 is 9.47 Å². The van der Waals surface area contributed by atoms with Crippen molar-refractivity contribution < 1.29 is 14.6 Å². The number of aryl methyl sites for hydroxylation is 1. The molecule has 0 radical (unpaired) electrons. The van der Waals surface area contributed by atoms with Gasteiger partial charge in [0, 0.05) is 30.2 Å². The highest BCUT2D eigenvalue weighted by atomic mass is 16.5. The molecule has 2 aliphatic heterocycles. The molecule has 36 heavy (non-hydrogen) atoms. The van der Waals surface area contributed by atoms with Crippen LogP contribution in [0.3, 0.4) is 0 Å². The SMILES string of the molecule is C.CCc1ccc2c(c1)c1c(n2CO)CN2CCc3cc(OC)c(OCc4ccccc4)cc3C2C1. The third kappa shape index (κ3) is 4.06. The van der Waals surface area contributed by atoms with Crippen molar-refractivity contribution in [2.45, 2.75) is 59.5 Å². The minimum Gasteiger partial charge on any atom is -0.493 e. The summed E-state index contributed by atoms with van der Waals surface area (Å²) in [7, 11) is 1.72. The third-order valence-electron chi connectivity index (χ3n) is 7.78. The molecule has 0 spiro atoms. The Morgan fingerprint density at radius 3 is 2.58 bits per heavy atom. The first-order chi connectivity index (χ1) is 17.2. The smallest absolute Gasteiger partial charge is 0.162 e. The Kier molecular flexibility index (Phi) is 6.78. The summed E-state index contributed by atoms with van der Waals surface area (Å²) < 4.78 is 14.1. The maximum absolute atomic E-state index is 10.2. The summed E-state index contributed by atoms with van der Waals surface area (Å²) in [6.07, 6.45) is 2.93. The van der Waals surface area contributed by atoms with Crippen molar-refractivity contribution in [2.75, 3.05) is 13.7 Å². The summed E-state index contributed by atoms with van der Waals surface area (Å²) in [6, 6.07) is 21.6. The first-order valence-corrected chi connectivity index (χ1v) is 12.6. The molecule has 1 N–H and O–H groups in total. The molecule has 3 aromatic carbocycles. The van der Waals surface area contributed by atoms with E-state index in [0.29, 0.717) is 12.6 Å². The van der Waals surface area contributed by atoms with Crippen LogP contribution in [0.15, 0.2) is 60.7 Å². The van der Waals surface area contributed by atoms with Crippen LogP contribution in [-0.4, -0.2) is 28.2 Å². The highest BCUT2D eigenvalue weighted by Crippen LogP contribution is 2.44. The van der Waals surface area contributed by atoms with Gasteiger partial charge in [-0.3, -0.25) is 4.90 Å². The van der Waals surface area contributed by atoms with Crippen LogP contribution in [0.4, 0.5) is 0 Å². The van der Waals surface area contributed by atoms with Gasteiger partial charge in [0.1, 0.15) is 13.3 Å². The van der Waals surface area contributed by atoms with Crippen LogP contribution in [0, 0.1) is 0 Å². The minimum absolute atomic E-state index is 0. The highest BCUT2D eigenvalue weighted by molar-refractivity contribution is 5.86. The minimum atomic E-state index is 0. The molecule has 4 aromatic rings. The molecule has 6 rings (SSSR count). The Morgan fingerprint density at radius 2 is 1.83 bits per heavy atom. The number of methoxy groups -OCH3 is 1. The van der Waals surface area contributed by atoms with E-state index in [-0.39, 0.29) is 14.2 Å². The number of ether oxygens (including phenoxy) is 2. The first kappa shape index (κ1) is 24.4. The predicted molar refractivity (Wildman–Crippen MR) is 145 cm³/mol. The summed E-state index contributed by atoms with van der Waals surface area (Å²) in [5, 5.41) is 11.5. The number of aliphatic hydroxyl groups excluding tert-OH is 1. The molecule has 0 aliphatic carbocycles. The van der Waals surface area contributed by atoms with Crippen LogP contribution in [0.2, 0.25) is 0 Å². The predicted octanol–water partition coefficient (Wildman–Crippen LogP) is 6.03. The summed E-state index contributed by atoms with van der Waals surface area (Å²) in [5.74, 6) is 1.60. The quantitative estimate of drug-likeness (QED) is 0.363. The number of benzene rings is 3. The van der Waals surface area contributed by atoms with Crippen LogP contribution in [0.1, 0.15) is 53.9 Å². The van der Waals surface area contributed by atoms with E-state index in [4.69, 9.17) is 9.47 Å². The Balaban J connectivity index is 0.00000267. The molecular weight excluding hydrogens is 448 g/mol. The maximum Gasteiger partial charge on any atom is 0.162 e. The van der Waals surface area contributed by atoms with Crippen molar-refractivity contribution in [3.63, 3.8) is 0 Å². The number of hydrogen-bond acceptors (Lipinski definition) is 4. The average Bonchev–Trinajstić information content (AvgIpc) is 3.22. The molecule has 2 aliphatic rings. The normalized spacial score (nSPS) is 16.6. The molecule has 0 fully saturated rings. The standard InChI is InChI=1S/C30H32N2O3.CH4/c1-3-20-9-10-26-24(13-20)25-15-27-23-16-30(35-18-21-7-5-4-6-8-21)29(34-2)14-22(23)11-12-31(27)17-28(25)32(26)19-33;/h4-10,13-14,16,27,33H,3,11-12,15,17-19H2,1-2H3;1H4. The summed E-state index contributed by atoms with van der Waals surface area (Å²) in [5.41, 5.74) is 8.92. The lowest BCUT2D eigenvalue weighted by Crippen LogP contribution is -2.39. The van der Waals surface area contributed by atoms with Gasteiger partial charge in [0.2, 0.25) is 0 Å². The molecular formula is C31H36N2O3. The van der Waals surface area contributed by atoms with Crippen LogP contribution in [0.25, 0.3) is 10.9 Å². The van der Waals surface area contributed by atoms with E-state index < -0.39 is 0 Å². The third-order valence-corrected chi connectivity index (χ3v) is 7.78. The number of nitrogens with zero attached hydrogens (tertiary/aromatic N) is 2. The van der Waals surface area contributed by atoms with E-state index in [9.17, 15) is 5.11 Å². The van der Waals surface area contributed by atoms with Gasteiger partial charge >= 0.3 is 0 Å². The Labute approximate surface area is 213 Å². The number of hydrogen-bond donors (Lipinski definition) is 1. The fraction of sp³-hybridized carbons (Fsp3) is 0.355. The largest absolute Gasteiger partial charge is 0.493 e. The Morgan fingerprint density at radius 1 is 1.00 bits per heavy atom. The van der Waals surface area contributed by atoms with Crippen molar-refractivity contribution >= 4 is 10.9 Å². The molecule has 188 valence electrons. The van der Waals surface area contributed by atoms with Gasteiger partial charge < -0.3 is 19.1 Å². The number of rotatable bonds is 6. The van der Waals surface area contributed by atoms with E-state index in [2.05, 4.69) is 58.9 Å². The Hall–Kier alpha value is -3.28. The van der Waals surface area contributed by atoms with Gasteiger partial charge in [0.15, 0.2) is 11.5 Å². The van der Waals surface area contributed by atoms with Gasteiger partial charge in [-0.05, 0) is 71.3 Å². The Bertz CT molecular complexity index is 1380. The summed E-state index contributed by atoms with van der Waals surface area (Å²) in [6.45, 7) is 4.57. The van der Waals surface area contributed by atoms with E-state index in [1.165, 1.54) is 33.3 Å². The van der Waals surface area contributed by atoms with Crippen LogP contribution in [0.5, 0.6) is 11.5 Å². The lowest BCUT2D eigenvalue weighted by atomic mass is 9.85. The van der Waals surface area contributed by atoms with E-state index in [0.717, 1.165) is 54.9 Å². The molecule has 0 bridgehead atoms. The van der Waals surface area contributed by atoms with Crippen molar-refractivity contribution in [3.05, 3.63) is 94.2 Å². The monoisotopic (exact) mass is 484 g/mol. The van der Waals surface area contributed by atoms with E-state index in [1.807, 2.05) is 18.2 Å². The fourth-order valence-electron chi connectivity index (χ4n) is 5.90. The van der Waals surface area contributed by atoms with Gasteiger partial charge in [0.25, 0.3) is 0 Å². The summed E-state index contributed by atoms with van der Waals surface area (Å²) >= 11 is 0. The van der Waals surface area contributed by atoms with Gasteiger partial charge in [-0.1, -0.05) is 50.7 Å². The second-order valence-electron chi connectivity index (χ2n) is 9.62. The molecule has 5 nitrogen and oxygen atoms in total. The van der Waals surface area contributed by atoms with Gasteiger partial charge in [0.05, 0.1) is 12.6 Å². The molecule has 1 unspecified atom stereocenters. The molecule has 5 heteroatoms. The second-order valence-corrected chi connectivity index (χ2v) is 9.62. The first-order valence-electron chi connectivity index (χ1n) is 12.6. The number of aliphatic hydroxyl groups is 1. The molecule has 0 amide bonds. The zero-order valence-corrected chi connectivity index (χ0v) is 20.5. The molecule has 3 heterocycles. The molecule has 1 atom stereocenters. The fourth-order valence-corrected chi connectivity index (χ4v) is 5.90. The lowest BCUT2D eigenvalue weighted by Gasteiger charge is -2.41. The number of fused-ring (bicyclic) bond motifs is 6. The maximum atomic E-state index is 10.2. The van der Waals surface area contributed by atoms with Gasteiger partial charge in [-0.25, -0.2) is 0 Å². The van der Waals surface area contributed by atoms with Crippen molar-refractivity contribution in [1.29, 1.82) is 0 Å². The van der Waals surface area contributed by atoms with E-state index in [1.54, 1.807) is 7.11 Å². The van der Waals surface area contributed by atoms with Crippen molar-refractivity contribution in [1.82, 2.24) is 9.47 Å². The molecule has 0 saturated carbocycles.